The van der Waals surface area contributed by atoms with Crippen molar-refractivity contribution in [3.8, 4) is 0 Å². The largest absolute Gasteiger partial charge is 0.379 e. The Hall–Kier alpha value is -1.79. The summed E-state index contributed by atoms with van der Waals surface area (Å²) < 4.78 is 5.73. The Morgan fingerprint density at radius 3 is 2.96 bits per heavy atom. The second kappa shape index (κ2) is 8.06. The maximum absolute atomic E-state index is 12.9. The average molecular weight is 359 g/mol. The highest BCUT2D eigenvalue weighted by Gasteiger charge is 2.25. The summed E-state index contributed by atoms with van der Waals surface area (Å²) in [4.78, 5) is 24.6. The van der Waals surface area contributed by atoms with Crippen LogP contribution in [-0.2, 0) is 11.2 Å². The van der Waals surface area contributed by atoms with Gasteiger partial charge in [-0.1, -0.05) is 13.8 Å². The van der Waals surface area contributed by atoms with Crippen LogP contribution in [-0.4, -0.2) is 47.1 Å². The van der Waals surface area contributed by atoms with Crippen LogP contribution in [0, 0.1) is 12.8 Å². The van der Waals surface area contributed by atoms with Crippen molar-refractivity contribution in [1.29, 1.82) is 0 Å². The van der Waals surface area contributed by atoms with Crippen LogP contribution in [0.3, 0.4) is 0 Å². The maximum atomic E-state index is 12.9. The Labute approximate surface area is 153 Å². The lowest BCUT2D eigenvalue weighted by molar-refractivity contribution is 0.0737. The zero-order valence-electron chi connectivity index (χ0n) is 15.1. The van der Waals surface area contributed by atoms with Crippen LogP contribution in [0.25, 0.3) is 0 Å². The van der Waals surface area contributed by atoms with E-state index >= 15 is 0 Å². The van der Waals surface area contributed by atoms with Crippen LogP contribution < -0.4 is 0 Å². The Morgan fingerprint density at radius 2 is 2.24 bits per heavy atom. The smallest absolute Gasteiger partial charge is 0.254 e. The molecule has 5 nitrogen and oxygen atoms in total. The van der Waals surface area contributed by atoms with Crippen LogP contribution in [0.15, 0.2) is 23.8 Å². The molecule has 3 rings (SSSR count). The van der Waals surface area contributed by atoms with E-state index < -0.39 is 0 Å². The Morgan fingerprint density at radius 1 is 1.40 bits per heavy atom. The zero-order valence-corrected chi connectivity index (χ0v) is 15.9. The molecule has 25 heavy (non-hydrogen) atoms. The minimum Gasteiger partial charge on any atom is -0.379 e. The molecule has 3 heterocycles. The fraction of sp³-hybridized carbons (Fsp3) is 0.526. The van der Waals surface area contributed by atoms with Gasteiger partial charge in [-0.3, -0.25) is 4.79 Å². The van der Waals surface area contributed by atoms with Gasteiger partial charge in [0, 0.05) is 40.7 Å². The minimum atomic E-state index is 0.109. The van der Waals surface area contributed by atoms with Gasteiger partial charge in [0.2, 0.25) is 0 Å². The summed E-state index contributed by atoms with van der Waals surface area (Å²) in [5, 5.41) is 1.98. The minimum absolute atomic E-state index is 0.109. The van der Waals surface area contributed by atoms with E-state index in [4.69, 9.17) is 4.74 Å². The van der Waals surface area contributed by atoms with Crippen molar-refractivity contribution in [3.05, 3.63) is 45.7 Å². The molecule has 0 unspecified atom stereocenters. The highest BCUT2D eigenvalue weighted by molar-refractivity contribution is 7.10. The fourth-order valence-electron chi connectivity index (χ4n) is 3.06. The first kappa shape index (κ1) is 18.0. The van der Waals surface area contributed by atoms with E-state index in [0.717, 1.165) is 23.4 Å². The molecule has 1 saturated heterocycles. The lowest BCUT2D eigenvalue weighted by Gasteiger charge is -2.23. The van der Waals surface area contributed by atoms with Crippen molar-refractivity contribution < 1.29 is 9.53 Å². The van der Waals surface area contributed by atoms with Gasteiger partial charge in [0.25, 0.3) is 5.91 Å². The number of amides is 1. The van der Waals surface area contributed by atoms with Crippen LogP contribution in [0.4, 0.5) is 0 Å². The van der Waals surface area contributed by atoms with Gasteiger partial charge in [-0.25, -0.2) is 9.97 Å². The summed E-state index contributed by atoms with van der Waals surface area (Å²) in [5.74, 6) is 0.814. The molecular weight excluding hydrogens is 334 g/mol. The molecule has 0 saturated carbocycles. The van der Waals surface area contributed by atoms with Gasteiger partial charge in [-0.05, 0) is 31.4 Å². The highest BCUT2D eigenvalue weighted by Crippen LogP contribution is 2.24. The van der Waals surface area contributed by atoms with Crippen LogP contribution >= 0.6 is 11.3 Å². The third-order valence-corrected chi connectivity index (χ3v) is 5.65. The normalized spacial score (nSPS) is 18.4. The predicted molar refractivity (Wildman–Crippen MR) is 99.1 cm³/mol. The molecule has 0 bridgehead atoms. The summed E-state index contributed by atoms with van der Waals surface area (Å²) in [5.41, 5.74) is 2.77. The summed E-state index contributed by atoms with van der Waals surface area (Å²) in [6, 6.07) is 4.04. The lowest BCUT2D eigenvalue weighted by atomic mass is 10.0. The number of carbonyl (C=O) groups excluding carboxylic acids is 1. The number of ether oxygens (including phenoxy) is 1. The molecule has 0 aromatic carbocycles. The van der Waals surface area contributed by atoms with E-state index in [-0.39, 0.29) is 11.8 Å². The van der Waals surface area contributed by atoms with E-state index in [1.807, 2.05) is 29.3 Å². The van der Waals surface area contributed by atoms with E-state index in [0.29, 0.717) is 32.2 Å². The summed E-state index contributed by atoms with van der Waals surface area (Å²) in [6.07, 6.45) is 2.40. The fourth-order valence-corrected chi connectivity index (χ4v) is 3.95. The molecule has 0 spiro atoms. The van der Waals surface area contributed by atoms with Crippen molar-refractivity contribution >= 4 is 17.2 Å². The van der Waals surface area contributed by atoms with Crippen LogP contribution in [0.2, 0.25) is 0 Å². The Balaban J connectivity index is 1.69. The molecule has 1 aliphatic heterocycles. The number of hydrogen-bond acceptors (Lipinski definition) is 5. The molecule has 1 atom stereocenters. The first-order chi connectivity index (χ1) is 12.0. The summed E-state index contributed by atoms with van der Waals surface area (Å²) >= 11 is 1.66. The average Bonchev–Trinajstić information content (AvgIpc) is 2.96. The highest BCUT2D eigenvalue weighted by atomic mass is 32.1. The standard InChI is InChI=1S/C19H25N3O2S/c1-13(2)18-8-16(11-25-18)19(23)22-4-5-24-10-15(9-22)7-17-6-14(3)20-12-21-17/h6,8,11-13,15H,4-5,7,9-10H2,1-3H3/t15-/m0/s1. The molecule has 1 amide bonds. The lowest BCUT2D eigenvalue weighted by Crippen LogP contribution is -2.36. The number of nitrogens with zero attached hydrogens (tertiary/aromatic N) is 3. The van der Waals surface area contributed by atoms with Crippen molar-refractivity contribution in [2.75, 3.05) is 26.3 Å². The number of aromatic nitrogens is 2. The van der Waals surface area contributed by atoms with Crippen LogP contribution in [0.1, 0.15) is 46.4 Å². The predicted octanol–water partition coefficient (Wildman–Crippen LogP) is 3.30. The molecule has 134 valence electrons. The molecule has 1 fully saturated rings. The number of rotatable bonds is 4. The number of aryl methyl sites for hydroxylation is 1. The molecular formula is C19H25N3O2S. The zero-order chi connectivity index (χ0) is 17.8. The van der Waals surface area contributed by atoms with Crippen molar-refractivity contribution in [2.45, 2.75) is 33.1 Å². The van der Waals surface area contributed by atoms with Gasteiger partial charge in [0.15, 0.2) is 0 Å². The molecule has 0 aliphatic carbocycles. The quantitative estimate of drug-likeness (QED) is 0.840. The third kappa shape index (κ3) is 4.64. The van der Waals surface area contributed by atoms with Gasteiger partial charge < -0.3 is 9.64 Å². The first-order valence-electron chi connectivity index (χ1n) is 8.76. The van der Waals surface area contributed by atoms with Crippen molar-refractivity contribution in [2.24, 2.45) is 5.92 Å². The SMILES string of the molecule is Cc1cc(C[C@@H]2COCCN(C(=O)c3csc(C(C)C)c3)C2)ncn1. The van der Waals surface area contributed by atoms with E-state index in [2.05, 4.69) is 23.8 Å². The number of thiophene rings is 1. The third-order valence-electron chi connectivity index (χ3n) is 4.42. The Bertz CT molecular complexity index is 729. The Kier molecular flexibility index (Phi) is 5.81. The van der Waals surface area contributed by atoms with Gasteiger partial charge in [-0.2, -0.15) is 0 Å². The van der Waals surface area contributed by atoms with E-state index in [1.54, 1.807) is 17.7 Å². The monoisotopic (exact) mass is 359 g/mol. The molecule has 1 aliphatic rings. The van der Waals surface area contributed by atoms with E-state index in [9.17, 15) is 4.79 Å². The molecule has 0 radical (unpaired) electrons. The van der Waals surface area contributed by atoms with Gasteiger partial charge in [-0.15, -0.1) is 11.3 Å². The first-order valence-corrected chi connectivity index (χ1v) is 9.64. The van der Waals surface area contributed by atoms with Gasteiger partial charge in [0.05, 0.1) is 18.8 Å². The van der Waals surface area contributed by atoms with Crippen molar-refractivity contribution in [1.82, 2.24) is 14.9 Å². The van der Waals surface area contributed by atoms with Crippen LogP contribution in [0.5, 0.6) is 0 Å². The molecule has 2 aromatic rings. The second-order valence-electron chi connectivity index (χ2n) is 6.94. The van der Waals surface area contributed by atoms with Gasteiger partial charge >= 0.3 is 0 Å². The molecule has 2 aromatic heterocycles. The van der Waals surface area contributed by atoms with Crippen molar-refractivity contribution in [3.63, 3.8) is 0 Å². The van der Waals surface area contributed by atoms with Gasteiger partial charge in [0.1, 0.15) is 6.33 Å². The summed E-state index contributed by atoms with van der Waals surface area (Å²) in [7, 11) is 0. The number of hydrogen-bond donors (Lipinski definition) is 0. The van der Waals surface area contributed by atoms with E-state index in [1.165, 1.54) is 4.88 Å². The topological polar surface area (TPSA) is 55.3 Å². The summed E-state index contributed by atoms with van der Waals surface area (Å²) in [6.45, 7) is 8.87. The second-order valence-corrected chi connectivity index (χ2v) is 7.88. The molecule has 0 N–H and O–H groups in total. The number of carbonyl (C=O) groups is 1. The molecule has 6 heteroatoms. The maximum Gasteiger partial charge on any atom is 0.254 e.